The van der Waals surface area contributed by atoms with Crippen LogP contribution in [0, 0.1) is 0 Å². The molecule has 0 atom stereocenters. The Labute approximate surface area is 355 Å². The van der Waals surface area contributed by atoms with Crippen LogP contribution >= 0.6 is 11.3 Å². The van der Waals surface area contributed by atoms with Gasteiger partial charge >= 0.3 is 0 Å². The van der Waals surface area contributed by atoms with E-state index in [1.807, 2.05) is 36.4 Å². The molecule has 3 heterocycles. The molecule has 0 saturated heterocycles. The number of rotatable bonds is 7. The number of aromatic nitrogens is 3. The summed E-state index contributed by atoms with van der Waals surface area (Å²) in [6.07, 6.45) is 0. The van der Waals surface area contributed by atoms with Gasteiger partial charge in [-0.25, -0.2) is 15.0 Å². The molecular weight excluding hydrogens is 765 g/mol. The minimum atomic E-state index is 0.566. The predicted octanol–water partition coefficient (Wildman–Crippen LogP) is 15.4. The number of benzene rings is 9. The maximum atomic E-state index is 6.75. The van der Waals surface area contributed by atoms with Crippen LogP contribution in [0.4, 0.5) is 17.1 Å². The fourth-order valence-electron chi connectivity index (χ4n) is 8.64. The van der Waals surface area contributed by atoms with E-state index >= 15 is 0 Å². The van der Waals surface area contributed by atoms with E-state index in [4.69, 9.17) is 19.4 Å². The van der Waals surface area contributed by atoms with Crippen molar-refractivity contribution in [3.63, 3.8) is 0 Å². The molecule has 3 aromatic heterocycles. The maximum Gasteiger partial charge on any atom is 0.164 e. The van der Waals surface area contributed by atoms with Gasteiger partial charge in [0.1, 0.15) is 11.2 Å². The molecule has 0 unspecified atom stereocenters. The van der Waals surface area contributed by atoms with E-state index in [1.54, 1.807) is 11.3 Å². The number of furan rings is 1. The molecule has 12 aromatic rings. The van der Waals surface area contributed by atoms with Gasteiger partial charge in [-0.3, -0.25) is 0 Å². The Morgan fingerprint density at radius 3 is 1.80 bits per heavy atom. The number of para-hydroxylation sites is 1. The molecule has 286 valence electrons. The van der Waals surface area contributed by atoms with Gasteiger partial charge < -0.3 is 9.32 Å². The molecule has 0 radical (unpaired) electrons. The van der Waals surface area contributed by atoms with Crippen LogP contribution in [0.5, 0.6) is 0 Å². The molecule has 5 nitrogen and oxygen atoms in total. The normalized spacial score (nSPS) is 11.6. The lowest BCUT2D eigenvalue weighted by molar-refractivity contribution is 0.669. The van der Waals surface area contributed by atoms with Crippen LogP contribution in [0.25, 0.3) is 98.2 Å². The summed E-state index contributed by atoms with van der Waals surface area (Å²) in [6.45, 7) is 0. The van der Waals surface area contributed by atoms with Gasteiger partial charge in [-0.05, 0) is 70.4 Å². The quantitative estimate of drug-likeness (QED) is 0.161. The lowest BCUT2D eigenvalue weighted by atomic mass is 10.0. The van der Waals surface area contributed by atoms with Crippen LogP contribution < -0.4 is 4.90 Å². The Bertz CT molecular complexity index is 3600. The summed E-state index contributed by atoms with van der Waals surface area (Å²) >= 11 is 1.79. The van der Waals surface area contributed by atoms with Crippen LogP contribution in [0.3, 0.4) is 0 Å². The number of anilines is 3. The highest BCUT2D eigenvalue weighted by Gasteiger charge is 2.23. The third-order valence-corrected chi connectivity index (χ3v) is 12.6. The summed E-state index contributed by atoms with van der Waals surface area (Å²) in [7, 11) is 0. The van der Waals surface area contributed by atoms with E-state index in [0.29, 0.717) is 17.5 Å². The standard InChI is InChI=1S/C55H34N4OS/c1-3-14-35(15-4-1)37-26-29-40(30-27-37)59(41-31-28-36-16-7-8-19-39(36)32-41)42-33-46(51-43-20-9-11-23-47(43)60-48(51)34-42)55-57-53(38-17-5-2-6-18-38)56-54(58-55)45-22-13-25-50-52(45)44-21-10-12-24-49(44)61-50/h1-34H. The number of thiophene rings is 1. The Balaban J connectivity index is 1.13. The van der Waals surface area contributed by atoms with Crippen molar-refractivity contribution >= 4 is 81.3 Å². The van der Waals surface area contributed by atoms with Gasteiger partial charge in [0.05, 0.1) is 5.69 Å². The van der Waals surface area contributed by atoms with Crippen LogP contribution in [-0.4, -0.2) is 15.0 Å². The Morgan fingerprint density at radius 1 is 0.361 bits per heavy atom. The smallest absolute Gasteiger partial charge is 0.164 e. The molecule has 0 aliphatic rings. The SMILES string of the molecule is c1ccc(-c2ccc(N(c3ccc4ccccc4c3)c3cc(-c4nc(-c5ccccc5)nc(-c5cccc6sc7ccccc7c56)n4)c4c(c3)oc3ccccc34)cc2)cc1. The first-order valence-electron chi connectivity index (χ1n) is 20.3. The maximum absolute atomic E-state index is 6.75. The predicted molar refractivity (Wildman–Crippen MR) is 254 cm³/mol. The largest absolute Gasteiger partial charge is 0.456 e. The Morgan fingerprint density at radius 2 is 0.984 bits per heavy atom. The number of hydrogen-bond donors (Lipinski definition) is 0. The summed E-state index contributed by atoms with van der Waals surface area (Å²) in [4.78, 5) is 18.3. The molecule has 0 aliphatic carbocycles. The third kappa shape index (κ3) is 6.12. The van der Waals surface area contributed by atoms with Crippen molar-refractivity contribution in [1.82, 2.24) is 15.0 Å². The number of hydrogen-bond acceptors (Lipinski definition) is 6. The number of nitrogens with zero attached hydrogens (tertiary/aromatic N) is 4. The van der Waals surface area contributed by atoms with E-state index in [0.717, 1.165) is 72.0 Å². The summed E-state index contributed by atoms with van der Waals surface area (Å²) < 4.78 is 9.17. The van der Waals surface area contributed by atoms with Crippen molar-refractivity contribution in [3.8, 4) is 45.3 Å². The van der Waals surface area contributed by atoms with Crippen molar-refractivity contribution in [1.29, 1.82) is 0 Å². The van der Waals surface area contributed by atoms with Gasteiger partial charge in [-0.1, -0.05) is 152 Å². The summed E-state index contributed by atoms with van der Waals surface area (Å²) in [5.74, 6) is 1.79. The lowest BCUT2D eigenvalue weighted by Crippen LogP contribution is -2.10. The van der Waals surface area contributed by atoms with Crippen molar-refractivity contribution in [2.45, 2.75) is 0 Å². The minimum absolute atomic E-state index is 0.566. The molecule has 0 saturated carbocycles. The average molecular weight is 799 g/mol. The van der Waals surface area contributed by atoms with Crippen LogP contribution in [0.1, 0.15) is 0 Å². The van der Waals surface area contributed by atoms with E-state index in [-0.39, 0.29) is 0 Å². The van der Waals surface area contributed by atoms with Crippen molar-refractivity contribution in [2.24, 2.45) is 0 Å². The Hall–Kier alpha value is -7.93. The second-order valence-corrected chi connectivity index (χ2v) is 16.3. The second kappa shape index (κ2) is 14.4. The highest BCUT2D eigenvalue weighted by Crippen LogP contribution is 2.45. The van der Waals surface area contributed by atoms with E-state index < -0.39 is 0 Å². The fourth-order valence-corrected chi connectivity index (χ4v) is 9.77. The molecule has 0 bridgehead atoms. The first-order valence-corrected chi connectivity index (χ1v) is 21.2. The van der Waals surface area contributed by atoms with E-state index in [2.05, 4.69) is 175 Å². The molecule has 0 amide bonds. The number of fused-ring (bicyclic) bond motifs is 7. The lowest BCUT2D eigenvalue weighted by Gasteiger charge is -2.26. The molecule has 12 rings (SSSR count). The zero-order valence-corrected chi connectivity index (χ0v) is 33.6. The van der Waals surface area contributed by atoms with Crippen LogP contribution in [-0.2, 0) is 0 Å². The van der Waals surface area contributed by atoms with Gasteiger partial charge in [0.15, 0.2) is 17.5 Å². The first-order chi connectivity index (χ1) is 30.2. The minimum Gasteiger partial charge on any atom is -0.456 e. The van der Waals surface area contributed by atoms with Gasteiger partial charge in [-0.2, -0.15) is 0 Å². The van der Waals surface area contributed by atoms with Crippen LogP contribution in [0.15, 0.2) is 211 Å². The van der Waals surface area contributed by atoms with Crippen molar-refractivity contribution in [2.75, 3.05) is 4.90 Å². The zero-order chi connectivity index (χ0) is 40.3. The summed E-state index contributed by atoms with van der Waals surface area (Å²) in [5, 5.41) is 6.62. The van der Waals surface area contributed by atoms with E-state index in [1.165, 1.54) is 25.7 Å². The average Bonchev–Trinajstić information content (AvgIpc) is 3.91. The molecule has 0 aliphatic heterocycles. The second-order valence-electron chi connectivity index (χ2n) is 15.2. The molecule has 0 N–H and O–H groups in total. The van der Waals surface area contributed by atoms with Gasteiger partial charge in [0, 0.05) is 65.1 Å². The highest BCUT2D eigenvalue weighted by molar-refractivity contribution is 7.25. The van der Waals surface area contributed by atoms with Crippen molar-refractivity contribution < 1.29 is 4.42 Å². The molecular formula is C55H34N4OS. The monoisotopic (exact) mass is 798 g/mol. The molecule has 9 aromatic carbocycles. The van der Waals surface area contributed by atoms with Gasteiger partial charge in [-0.15, -0.1) is 11.3 Å². The highest BCUT2D eigenvalue weighted by atomic mass is 32.1. The van der Waals surface area contributed by atoms with Crippen LogP contribution in [0.2, 0.25) is 0 Å². The third-order valence-electron chi connectivity index (χ3n) is 11.5. The summed E-state index contributed by atoms with van der Waals surface area (Å²) in [5.41, 5.74) is 9.54. The molecule has 0 spiro atoms. The first kappa shape index (κ1) is 35.1. The fraction of sp³-hybridized carbons (Fsp3) is 0. The Kier molecular flexibility index (Phi) is 8.28. The van der Waals surface area contributed by atoms with E-state index in [9.17, 15) is 0 Å². The molecule has 61 heavy (non-hydrogen) atoms. The van der Waals surface area contributed by atoms with Crippen molar-refractivity contribution in [3.05, 3.63) is 206 Å². The summed E-state index contributed by atoms with van der Waals surface area (Å²) in [6, 6.07) is 72.2. The molecule has 0 fully saturated rings. The zero-order valence-electron chi connectivity index (χ0n) is 32.7. The topological polar surface area (TPSA) is 55.1 Å². The van der Waals surface area contributed by atoms with Gasteiger partial charge in [0.25, 0.3) is 0 Å². The molecule has 6 heteroatoms. The van der Waals surface area contributed by atoms with Gasteiger partial charge in [0.2, 0.25) is 0 Å².